The number of nitrogens with one attached hydrogen (secondary N) is 1. The highest BCUT2D eigenvalue weighted by Crippen LogP contribution is 2.14. The molecule has 1 amide bonds. The molecule has 1 aliphatic rings. The molecule has 0 aliphatic carbocycles. The molecule has 1 unspecified atom stereocenters. The molecule has 0 bridgehead atoms. The second kappa shape index (κ2) is 7.60. The molecule has 1 aliphatic heterocycles. The molecular formula is C19H20N4O. The van der Waals surface area contributed by atoms with Crippen molar-refractivity contribution < 1.29 is 4.79 Å². The number of carbonyl (C=O) groups excluding carboxylic acids is 1. The van der Waals surface area contributed by atoms with Crippen molar-refractivity contribution in [3.05, 3.63) is 65.5 Å². The lowest BCUT2D eigenvalue weighted by Gasteiger charge is -2.11. The van der Waals surface area contributed by atoms with E-state index >= 15 is 0 Å². The summed E-state index contributed by atoms with van der Waals surface area (Å²) < 4.78 is 0. The fourth-order valence-electron chi connectivity index (χ4n) is 2.96. The summed E-state index contributed by atoms with van der Waals surface area (Å²) in [4.78, 5) is 18.2. The van der Waals surface area contributed by atoms with E-state index in [4.69, 9.17) is 5.26 Å². The van der Waals surface area contributed by atoms with Gasteiger partial charge in [-0.2, -0.15) is 5.26 Å². The fourth-order valence-corrected chi connectivity index (χ4v) is 2.96. The number of carbonyl (C=O) groups is 1. The number of benzene rings is 1. The lowest BCUT2D eigenvalue weighted by atomic mass is 10.1. The van der Waals surface area contributed by atoms with Gasteiger partial charge in [-0.15, -0.1) is 0 Å². The predicted molar refractivity (Wildman–Crippen MR) is 91.1 cm³/mol. The molecule has 1 N–H and O–H groups in total. The Morgan fingerprint density at radius 2 is 2.12 bits per heavy atom. The molecular weight excluding hydrogens is 300 g/mol. The first-order valence-corrected chi connectivity index (χ1v) is 8.16. The van der Waals surface area contributed by atoms with Gasteiger partial charge in [-0.05, 0) is 42.0 Å². The number of amides is 1. The van der Waals surface area contributed by atoms with Crippen molar-refractivity contribution in [2.75, 3.05) is 19.6 Å². The topological polar surface area (TPSA) is 69.0 Å². The van der Waals surface area contributed by atoms with Crippen LogP contribution in [0.1, 0.15) is 28.0 Å². The summed E-state index contributed by atoms with van der Waals surface area (Å²) in [5.41, 5.74) is 2.72. The molecule has 1 atom stereocenters. The van der Waals surface area contributed by atoms with Crippen LogP contribution < -0.4 is 5.32 Å². The van der Waals surface area contributed by atoms with Gasteiger partial charge in [0, 0.05) is 25.8 Å². The Bertz CT molecular complexity index is 739. The van der Waals surface area contributed by atoms with E-state index < -0.39 is 0 Å². The molecule has 5 heteroatoms. The van der Waals surface area contributed by atoms with Crippen molar-refractivity contribution >= 4 is 5.91 Å². The van der Waals surface area contributed by atoms with E-state index in [2.05, 4.69) is 28.6 Å². The maximum atomic E-state index is 12.3. The smallest absolute Gasteiger partial charge is 0.269 e. The third-order valence-electron chi connectivity index (χ3n) is 4.29. The van der Waals surface area contributed by atoms with Crippen molar-refractivity contribution in [2.45, 2.75) is 12.8 Å². The molecule has 3 rings (SSSR count). The van der Waals surface area contributed by atoms with E-state index in [1.165, 1.54) is 5.56 Å². The van der Waals surface area contributed by atoms with Crippen LogP contribution in [0.25, 0.3) is 0 Å². The van der Waals surface area contributed by atoms with Crippen LogP contribution in [0.15, 0.2) is 48.7 Å². The molecule has 0 saturated carbocycles. The summed E-state index contributed by atoms with van der Waals surface area (Å²) in [6, 6.07) is 13.9. The molecule has 1 saturated heterocycles. The Balaban J connectivity index is 1.57. The first-order chi connectivity index (χ1) is 11.7. The minimum atomic E-state index is -0.152. The highest BCUT2D eigenvalue weighted by Gasteiger charge is 2.22. The number of pyridine rings is 1. The summed E-state index contributed by atoms with van der Waals surface area (Å²) in [7, 11) is 0. The van der Waals surface area contributed by atoms with Gasteiger partial charge >= 0.3 is 0 Å². The second-order valence-electron chi connectivity index (χ2n) is 6.12. The third kappa shape index (κ3) is 4.11. The summed E-state index contributed by atoms with van der Waals surface area (Å²) in [5.74, 6) is 0.182. The van der Waals surface area contributed by atoms with Crippen LogP contribution in [0.3, 0.4) is 0 Å². The van der Waals surface area contributed by atoms with Gasteiger partial charge in [-0.1, -0.05) is 30.3 Å². The van der Waals surface area contributed by atoms with Crippen LogP contribution in [0.5, 0.6) is 0 Å². The second-order valence-corrected chi connectivity index (χ2v) is 6.12. The Hall–Kier alpha value is -2.87. The molecule has 0 spiro atoms. The normalized spacial score (nSPS) is 16.6. The highest BCUT2D eigenvalue weighted by molar-refractivity contribution is 5.92. The lowest BCUT2D eigenvalue weighted by molar-refractivity contribution is 0.0942. The number of nitriles is 1. The molecule has 5 nitrogen and oxygen atoms in total. The van der Waals surface area contributed by atoms with E-state index in [-0.39, 0.29) is 5.91 Å². The standard InChI is InChI=1S/C19H20N4O/c20-14-23-9-7-17(13-23)12-22-19(24)18-11-16(6-8-21-18)10-15-4-2-1-3-5-15/h1-6,8,11,17H,7,9-10,12-13H2,(H,22,24). The number of aromatic nitrogens is 1. The fraction of sp³-hybridized carbons (Fsp3) is 0.316. The third-order valence-corrected chi connectivity index (χ3v) is 4.29. The van der Waals surface area contributed by atoms with Crippen molar-refractivity contribution in [3.63, 3.8) is 0 Å². The van der Waals surface area contributed by atoms with E-state index in [0.717, 1.165) is 31.5 Å². The van der Waals surface area contributed by atoms with Crippen molar-refractivity contribution in [1.29, 1.82) is 5.26 Å². The van der Waals surface area contributed by atoms with E-state index in [0.29, 0.717) is 18.2 Å². The number of hydrogen-bond acceptors (Lipinski definition) is 4. The van der Waals surface area contributed by atoms with Gasteiger partial charge < -0.3 is 10.2 Å². The largest absolute Gasteiger partial charge is 0.350 e. The SMILES string of the molecule is N#CN1CCC(CNC(=O)c2cc(Cc3ccccc3)ccn2)C1. The van der Waals surface area contributed by atoms with Gasteiger partial charge in [0.25, 0.3) is 5.91 Å². The maximum absolute atomic E-state index is 12.3. The summed E-state index contributed by atoms with van der Waals surface area (Å²) in [5, 5.41) is 11.8. The minimum absolute atomic E-state index is 0.152. The van der Waals surface area contributed by atoms with Crippen LogP contribution in [0.4, 0.5) is 0 Å². The first kappa shape index (κ1) is 16.0. The van der Waals surface area contributed by atoms with Gasteiger partial charge in [0.15, 0.2) is 6.19 Å². The molecule has 2 aromatic rings. The zero-order valence-corrected chi connectivity index (χ0v) is 13.5. The molecule has 24 heavy (non-hydrogen) atoms. The molecule has 1 fully saturated rings. The van der Waals surface area contributed by atoms with E-state index in [9.17, 15) is 4.79 Å². The Morgan fingerprint density at radius 3 is 2.88 bits per heavy atom. The molecule has 2 heterocycles. The molecule has 1 aromatic heterocycles. The predicted octanol–water partition coefficient (Wildman–Crippen LogP) is 2.21. The van der Waals surface area contributed by atoms with Crippen LogP contribution in [0, 0.1) is 17.4 Å². The number of hydrogen-bond donors (Lipinski definition) is 1. The van der Waals surface area contributed by atoms with Gasteiger partial charge in [-0.25, -0.2) is 0 Å². The monoisotopic (exact) mass is 320 g/mol. The average Bonchev–Trinajstić information content (AvgIpc) is 3.09. The quantitative estimate of drug-likeness (QED) is 0.858. The maximum Gasteiger partial charge on any atom is 0.269 e. The average molecular weight is 320 g/mol. The Labute approximate surface area is 141 Å². The molecule has 1 aromatic carbocycles. The Morgan fingerprint density at radius 1 is 1.29 bits per heavy atom. The highest BCUT2D eigenvalue weighted by atomic mass is 16.1. The zero-order valence-electron chi connectivity index (χ0n) is 13.5. The first-order valence-electron chi connectivity index (χ1n) is 8.16. The minimum Gasteiger partial charge on any atom is -0.350 e. The Kier molecular flexibility index (Phi) is 5.07. The zero-order chi connectivity index (χ0) is 16.8. The summed E-state index contributed by atoms with van der Waals surface area (Å²) in [6.45, 7) is 2.09. The number of rotatable bonds is 5. The van der Waals surface area contributed by atoms with Crippen LogP contribution in [-0.4, -0.2) is 35.4 Å². The summed E-state index contributed by atoms with van der Waals surface area (Å²) >= 11 is 0. The van der Waals surface area contributed by atoms with Crippen molar-refractivity contribution in [3.8, 4) is 6.19 Å². The van der Waals surface area contributed by atoms with Crippen molar-refractivity contribution in [2.24, 2.45) is 5.92 Å². The van der Waals surface area contributed by atoms with Gasteiger partial charge in [0.2, 0.25) is 0 Å². The van der Waals surface area contributed by atoms with Crippen LogP contribution >= 0.6 is 0 Å². The van der Waals surface area contributed by atoms with Gasteiger partial charge in [-0.3, -0.25) is 9.78 Å². The summed E-state index contributed by atoms with van der Waals surface area (Å²) in [6.07, 6.45) is 5.55. The lowest BCUT2D eigenvalue weighted by Crippen LogP contribution is -2.31. The number of likely N-dealkylation sites (tertiary alicyclic amines) is 1. The van der Waals surface area contributed by atoms with E-state index in [1.54, 1.807) is 11.1 Å². The molecule has 122 valence electrons. The van der Waals surface area contributed by atoms with Gasteiger partial charge in [0.1, 0.15) is 5.69 Å². The number of nitrogens with zero attached hydrogens (tertiary/aromatic N) is 3. The van der Waals surface area contributed by atoms with Crippen LogP contribution in [-0.2, 0) is 6.42 Å². The van der Waals surface area contributed by atoms with E-state index in [1.807, 2.05) is 30.3 Å². The van der Waals surface area contributed by atoms with Crippen LogP contribution in [0.2, 0.25) is 0 Å². The van der Waals surface area contributed by atoms with Gasteiger partial charge in [0.05, 0.1) is 0 Å². The van der Waals surface area contributed by atoms with Crippen molar-refractivity contribution in [1.82, 2.24) is 15.2 Å². The molecule has 0 radical (unpaired) electrons.